The highest BCUT2D eigenvalue weighted by atomic mass is 32.1. The van der Waals surface area contributed by atoms with Crippen molar-refractivity contribution in [2.75, 3.05) is 19.4 Å². The number of ether oxygens (including phenoxy) is 1. The van der Waals surface area contributed by atoms with Crippen LogP contribution in [-0.4, -0.2) is 43.8 Å². The summed E-state index contributed by atoms with van der Waals surface area (Å²) in [6, 6.07) is 10.00. The fourth-order valence-corrected chi connectivity index (χ4v) is 5.14. The summed E-state index contributed by atoms with van der Waals surface area (Å²) in [5.74, 6) is 0.658. The molecule has 182 valence electrons. The van der Waals surface area contributed by atoms with Crippen LogP contribution in [0.1, 0.15) is 27.0 Å². The maximum absolute atomic E-state index is 13.4. The lowest BCUT2D eigenvalue weighted by Crippen LogP contribution is -2.32. The molecular weight excluding hydrogens is 493 g/mol. The lowest BCUT2D eigenvalue weighted by molar-refractivity contribution is -0.137. The molecule has 0 spiro atoms. The predicted molar refractivity (Wildman–Crippen MR) is 128 cm³/mol. The Morgan fingerprint density at radius 1 is 1.19 bits per heavy atom. The fourth-order valence-electron chi connectivity index (χ4n) is 4.36. The van der Waals surface area contributed by atoms with E-state index < -0.39 is 11.2 Å². The minimum atomic E-state index is -4.49. The maximum Gasteiger partial charge on any atom is 0.443 e. The van der Waals surface area contributed by atoms with E-state index in [0.29, 0.717) is 55.5 Å². The number of amides is 1. The van der Waals surface area contributed by atoms with Crippen molar-refractivity contribution in [1.29, 1.82) is 0 Å². The first-order chi connectivity index (χ1) is 17.2. The molecule has 3 aromatic heterocycles. The summed E-state index contributed by atoms with van der Waals surface area (Å²) in [6.45, 7) is 0.231. The monoisotopic (exact) mass is 510 g/mol. The molecule has 1 atom stereocenters. The Morgan fingerprint density at radius 3 is 2.81 bits per heavy atom. The van der Waals surface area contributed by atoms with Crippen molar-refractivity contribution >= 4 is 39.6 Å². The summed E-state index contributed by atoms with van der Waals surface area (Å²) < 4.78 is 46.4. The van der Waals surface area contributed by atoms with Gasteiger partial charge < -0.3 is 15.4 Å². The lowest BCUT2D eigenvalue weighted by atomic mass is 10.0. The van der Waals surface area contributed by atoms with Crippen LogP contribution in [0.15, 0.2) is 55.1 Å². The Balaban J connectivity index is 1.29. The van der Waals surface area contributed by atoms with Crippen LogP contribution in [-0.2, 0) is 6.18 Å². The second-order valence-electron chi connectivity index (χ2n) is 8.37. The number of hydrogen-bond acceptors (Lipinski definition) is 7. The Hall–Kier alpha value is -4.19. The highest BCUT2D eigenvalue weighted by Crippen LogP contribution is 2.41. The summed E-state index contributed by atoms with van der Waals surface area (Å²) in [5.41, 5.74) is 9.79. The summed E-state index contributed by atoms with van der Waals surface area (Å²) >= 11 is 0.575. The van der Waals surface area contributed by atoms with Gasteiger partial charge in [0.05, 0.1) is 34.5 Å². The number of alkyl halides is 3. The van der Waals surface area contributed by atoms with E-state index in [0.717, 1.165) is 5.56 Å². The van der Waals surface area contributed by atoms with E-state index in [1.54, 1.807) is 65.3 Å². The van der Waals surface area contributed by atoms with Gasteiger partial charge in [-0.15, -0.1) is 11.3 Å². The van der Waals surface area contributed by atoms with E-state index in [1.165, 1.54) is 6.20 Å². The molecule has 0 fully saturated rings. The van der Waals surface area contributed by atoms with Crippen LogP contribution in [0.3, 0.4) is 0 Å². The molecule has 5 aromatic rings. The maximum atomic E-state index is 13.4. The smallest absolute Gasteiger partial charge is 0.443 e. The number of nitrogens with zero attached hydrogens (tertiary/aromatic N) is 5. The van der Waals surface area contributed by atoms with Crippen molar-refractivity contribution in [2.24, 2.45) is 0 Å². The molecule has 1 aliphatic rings. The topological polar surface area (TPSA) is 98.6 Å². The van der Waals surface area contributed by atoms with E-state index in [-0.39, 0.29) is 18.6 Å². The fraction of sp³-hybridized carbons (Fsp3) is 0.167. The first kappa shape index (κ1) is 22.3. The van der Waals surface area contributed by atoms with Gasteiger partial charge in [-0.2, -0.15) is 13.2 Å². The molecular formula is C24H17F3N6O2S. The van der Waals surface area contributed by atoms with Gasteiger partial charge in [0, 0.05) is 24.4 Å². The molecule has 1 aliphatic heterocycles. The predicted octanol–water partition coefficient (Wildman–Crippen LogP) is 4.81. The molecule has 6 rings (SSSR count). The van der Waals surface area contributed by atoms with Crippen LogP contribution >= 0.6 is 11.3 Å². The molecule has 0 radical (unpaired) electrons. The number of aromatic nitrogens is 4. The SMILES string of the molecule is CN(C(=O)c1ccc2nc(N)c3cncn3c2c1)[C@@H]1COc2cc(-c3cnc(C(F)(F)F)s3)ccc21. The van der Waals surface area contributed by atoms with Crippen LogP contribution in [0.25, 0.3) is 27.0 Å². The molecule has 8 nitrogen and oxygen atoms in total. The van der Waals surface area contributed by atoms with Crippen molar-refractivity contribution in [3.63, 3.8) is 0 Å². The van der Waals surface area contributed by atoms with Gasteiger partial charge in [-0.05, 0) is 29.8 Å². The largest absolute Gasteiger partial charge is 0.491 e. The van der Waals surface area contributed by atoms with E-state index in [2.05, 4.69) is 15.0 Å². The number of carbonyl (C=O) groups is 1. The number of nitrogen functional groups attached to an aromatic ring is 1. The number of imidazole rings is 1. The second kappa shape index (κ2) is 7.92. The first-order valence-electron chi connectivity index (χ1n) is 10.8. The van der Waals surface area contributed by atoms with Crippen molar-refractivity contribution in [3.05, 3.63) is 71.3 Å². The highest BCUT2D eigenvalue weighted by molar-refractivity contribution is 7.15. The zero-order chi connectivity index (χ0) is 25.2. The standard InChI is InChI=1S/C24H17F3N6O2S/c1-32(22(34)13-3-5-15-16(6-13)33-11-29-8-17(33)21(28)31-15)18-10-35-19-7-12(2-4-14(18)19)20-9-30-23(36-20)24(25,26)27/h2-9,11,18H,10H2,1H3,(H2,28,31)/t18-/m1/s1. The van der Waals surface area contributed by atoms with Crippen LogP contribution in [0.2, 0.25) is 0 Å². The van der Waals surface area contributed by atoms with Gasteiger partial charge in [0.1, 0.15) is 23.7 Å². The molecule has 2 N–H and O–H groups in total. The van der Waals surface area contributed by atoms with Crippen molar-refractivity contribution in [1.82, 2.24) is 24.3 Å². The summed E-state index contributed by atoms with van der Waals surface area (Å²) in [5, 5.41) is -0.900. The van der Waals surface area contributed by atoms with Gasteiger partial charge in [-0.3, -0.25) is 9.20 Å². The number of halogens is 3. The molecule has 12 heteroatoms. The quantitative estimate of drug-likeness (QED) is 0.374. The number of carbonyl (C=O) groups excluding carboxylic acids is 1. The number of nitrogens with two attached hydrogens (primary N) is 1. The summed E-state index contributed by atoms with van der Waals surface area (Å²) in [7, 11) is 1.69. The van der Waals surface area contributed by atoms with Gasteiger partial charge in [0.25, 0.3) is 5.91 Å². The number of benzene rings is 2. The van der Waals surface area contributed by atoms with Crippen molar-refractivity contribution in [2.45, 2.75) is 12.2 Å². The highest BCUT2D eigenvalue weighted by Gasteiger charge is 2.35. The molecule has 0 aliphatic carbocycles. The average Bonchev–Trinajstić information content (AvgIpc) is 3.62. The third kappa shape index (κ3) is 3.52. The van der Waals surface area contributed by atoms with E-state index >= 15 is 0 Å². The summed E-state index contributed by atoms with van der Waals surface area (Å²) in [6.07, 6.45) is -0.0527. The van der Waals surface area contributed by atoms with Crippen LogP contribution < -0.4 is 10.5 Å². The minimum Gasteiger partial charge on any atom is -0.491 e. The number of anilines is 1. The number of rotatable bonds is 3. The van der Waals surface area contributed by atoms with E-state index in [4.69, 9.17) is 10.5 Å². The third-order valence-corrected chi connectivity index (χ3v) is 7.30. The number of hydrogen-bond donors (Lipinski definition) is 1. The van der Waals surface area contributed by atoms with Crippen molar-refractivity contribution in [3.8, 4) is 16.2 Å². The van der Waals surface area contributed by atoms with Gasteiger partial charge >= 0.3 is 6.18 Å². The third-order valence-electron chi connectivity index (χ3n) is 6.21. The number of likely N-dealkylation sites (N-methyl/N-ethyl adjacent to an activating group) is 1. The van der Waals surface area contributed by atoms with Gasteiger partial charge in [-0.1, -0.05) is 12.1 Å². The molecule has 0 unspecified atom stereocenters. The second-order valence-corrected chi connectivity index (χ2v) is 9.40. The van der Waals surface area contributed by atoms with Crippen LogP contribution in [0, 0.1) is 0 Å². The molecule has 0 saturated heterocycles. The zero-order valence-electron chi connectivity index (χ0n) is 18.7. The Labute approximate surface area is 205 Å². The Kier molecular flexibility index (Phi) is 4.90. The average molecular weight is 511 g/mol. The molecule has 0 bridgehead atoms. The van der Waals surface area contributed by atoms with Crippen molar-refractivity contribution < 1.29 is 22.7 Å². The molecule has 4 heterocycles. The molecule has 2 aromatic carbocycles. The van der Waals surface area contributed by atoms with Crippen LogP contribution in [0.5, 0.6) is 5.75 Å². The van der Waals surface area contributed by atoms with Crippen LogP contribution in [0.4, 0.5) is 19.0 Å². The lowest BCUT2D eigenvalue weighted by Gasteiger charge is -2.24. The van der Waals surface area contributed by atoms with Gasteiger partial charge in [-0.25, -0.2) is 15.0 Å². The van der Waals surface area contributed by atoms with E-state index in [1.807, 2.05) is 0 Å². The minimum absolute atomic E-state index is 0.218. The number of thiazole rings is 1. The van der Waals surface area contributed by atoms with Gasteiger partial charge in [0.15, 0.2) is 5.01 Å². The molecule has 1 amide bonds. The molecule has 36 heavy (non-hydrogen) atoms. The Bertz CT molecular complexity index is 1660. The van der Waals surface area contributed by atoms with Gasteiger partial charge in [0.2, 0.25) is 0 Å². The molecule has 0 saturated carbocycles. The summed E-state index contributed by atoms with van der Waals surface area (Å²) in [4.78, 5) is 27.4. The number of fused-ring (bicyclic) bond motifs is 4. The van der Waals surface area contributed by atoms with E-state index in [9.17, 15) is 18.0 Å². The Morgan fingerprint density at radius 2 is 2.03 bits per heavy atom. The zero-order valence-corrected chi connectivity index (χ0v) is 19.5. The first-order valence-corrected chi connectivity index (χ1v) is 11.6. The normalized spacial score (nSPS) is 15.3.